The first-order valence-corrected chi connectivity index (χ1v) is 6.63. The number of amides is 1. The number of nitrogens with one attached hydrogen (secondary N) is 2. The maximum Gasteiger partial charge on any atom is 0.225 e. The molecule has 0 aliphatic carbocycles. The van der Waals surface area contributed by atoms with Gasteiger partial charge in [-0.15, -0.1) is 0 Å². The zero-order chi connectivity index (χ0) is 15.2. The number of hydrogen-bond acceptors (Lipinski definition) is 4. The molecule has 21 heavy (non-hydrogen) atoms. The molecule has 0 aliphatic rings. The largest absolute Gasteiger partial charge is 0.497 e. The van der Waals surface area contributed by atoms with E-state index in [9.17, 15) is 4.79 Å². The summed E-state index contributed by atoms with van der Waals surface area (Å²) >= 11 is 0. The molecule has 0 saturated heterocycles. The number of methoxy groups -OCH3 is 2. The second-order valence-electron chi connectivity index (χ2n) is 4.62. The minimum absolute atomic E-state index is 0.0950. The highest BCUT2D eigenvalue weighted by atomic mass is 16.5. The summed E-state index contributed by atoms with van der Waals surface area (Å²) in [5.74, 6) is 1.96. The average molecular weight is 289 g/mol. The van der Waals surface area contributed by atoms with Gasteiger partial charge in [-0.2, -0.15) is 0 Å². The Labute approximate surface area is 123 Å². The lowest BCUT2D eigenvalue weighted by Crippen LogP contribution is -2.28. The molecule has 0 aliphatic heterocycles. The number of benzene rings is 1. The summed E-state index contributed by atoms with van der Waals surface area (Å²) in [6, 6.07) is 5.23. The Kier molecular flexibility index (Phi) is 4.81. The lowest BCUT2D eigenvalue weighted by molar-refractivity contribution is -0.121. The first-order valence-electron chi connectivity index (χ1n) is 6.63. The maximum atomic E-state index is 12.1. The molecule has 2 aromatic rings. The number of carbonyl (C=O) groups excluding carboxylic acids is 1. The van der Waals surface area contributed by atoms with Crippen LogP contribution in [-0.4, -0.2) is 30.1 Å². The van der Waals surface area contributed by atoms with Crippen LogP contribution in [0.1, 0.15) is 24.4 Å². The van der Waals surface area contributed by atoms with Crippen molar-refractivity contribution >= 4 is 5.91 Å². The van der Waals surface area contributed by atoms with Gasteiger partial charge in [0.1, 0.15) is 17.3 Å². The minimum atomic E-state index is -0.170. The van der Waals surface area contributed by atoms with Crippen molar-refractivity contribution in [3.8, 4) is 11.5 Å². The van der Waals surface area contributed by atoms with Gasteiger partial charge in [0.15, 0.2) is 0 Å². The third-order valence-corrected chi connectivity index (χ3v) is 3.15. The van der Waals surface area contributed by atoms with E-state index in [0.717, 1.165) is 11.4 Å². The van der Waals surface area contributed by atoms with Crippen molar-refractivity contribution in [1.29, 1.82) is 0 Å². The Morgan fingerprint density at radius 2 is 2.19 bits per heavy atom. The normalized spacial score (nSPS) is 11.8. The second kappa shape index (κ2) is 6.78. The summed E-state index contributed by atoms with van der Waals surface area (Å²) in [6.45, 7) is 1.88. The van der Waals surface area contributed by atoms with E-state index >= 15 is 0 Å². The summed E-state index contributed by atoms with van der Waals surface area (Å²) in [4.78, 5) is 19.2. The molecule has 0 bridgehead atoms. The number of ether oxygens (including phenoxy) is 2. The Bertz CT molecular complexity index is 596. The molecule has 6 heteroatoms. The summed E-state index contributed by atoms with van der Waals surface area (Å²) in [5.41, 5.74) is 0.808. The third-order valence-electron chi connectivity index (χ3n) is 3.15. The van der Waals surface area contributed by atoms with Crippen LogP contribution in [0.3, 0.4) is 0 Å². The average Bonchev–Trinajstić information content (AvgIpc) is 3.01. The van der Waals surface area contributed by atoms with Crippen LogP contribution < -0.4 is 14.8 Å². The molecule has 2 N–H and O–H groups in total. The van der Waals surface area contributed by atoms with Crippen molar-refractivity contribution in [1.82, 2.24) is 15.3 Å². The number of hydrogen-bond donors (Lipinski definition) is 2. The molecular formula is C15H19N3O3. The second-order valence-corrected chi connectivity index (χ2v) is 4.62. The van der Waals surface area contributed by atoms with E-state index in [-0.39, 0.29) is 18.4 Å². The highest BCUT2D eigenvalue weighted by Gasteiger charge is 2.14. The van der Waals surface area contributed by atoms with E-state index in [1.165, 1.54) is 0 Å². The van der Waals surface area contributed by atoms with Gasteiger partial charge in [0, 0.05) is 24.0 Å². The molecule has 1 unspecified atom stereocenters. The molecular weight excluding hydrogens is 270 g/mol. The molecule has 0 radical (unpaired) electrons. The number of carbonyl (C=O) groups is 1. The first-order chi connectivity index (χ1) is 10.1. The number of rotatable bonds is 6. The van der Waals surface area contributed by atoms with Crippen molar-refractivity contribution in [2.24, 2.45) is 0 Å². The molecule has 1 aromatic carbocycles. The predicted octanol–water partition coefficient (Wildman–Crippen LogP) is 1.85. The summed E-state index contributed by atoms with van der Waals surface area (Å²) in [7, 11) is 3.16. The van der Waals surface area contributed by atoms with Gasteiger partial charge in [0.05, 0.1) is 26.7 Å². The van der Waals surface area contributed by atoms with Crippen molar-refractivity contribution in [3.05, 3.63) is 42.0 Å². The molecule has 0 fully saturated rings. The lowest BCUT2D eigenvalue weighted by Gasteiger charge is -2.13. The maximum absolute atomic E-state index is 12.1. The number of aromatic amines is 1. The van der Waals surface area contributed by atoms with Gasteiger partial charge >= 0.3 is 0 Å². The Morgan fingerprint density at radius 1 is 1.38 bits per heavy atom. The number of aromatic nitrogens is 2. The molecule has 0 spiro atoms. The first kappa shape index (κ1) is 14.9. The highest BCUT2D eigenvalue weighted by molar-refractivity contribution is 5.79. The van der Waals surface area contributed by atoms with E-state index in [1.54, 1.807) is 38.7 Å². The quantitative estimate of drug-likeness (QED) is 0.851. The van der Waals surface area contributed by atoms with E-state index in [0.29, 0.717) is 11.5 Å². The lowest BCUT2D eigenvalue weighted by atomic mass is 10.1. The van der Waals surface area contributed by atoms with Gasteiger partial charge in [0.25, 0.3) is 0 Å². The van der Waals surface area contributed by atoms with Crippen molar-refractivity contribution in [3.63, 3.8) is 0 Å². The Balaban J connectivity index is 2.02. The topological polar surface area (TPSA) is 76.2 Å². The molecule has 1 amide bonds. The SMILES string of the molecule is COc1ccc(CC(=O)NC(C)c2ncc[nH]2)c(OC)c1. The van der Waals surface area contributed by atoms with Crippen LogP contribution in [0.5, 0.6) is 11.5 Å². The standard InChI is InChI=1S/C15H19N3O3/c1-10(15-16-6-7-17-15)18-14(19)8-11-4-5-12(20-2)9-13(11)21-3/h4-7,9-10H,8H2,1-3H3,(H,16,17)(H,18,19). The van der Waals surface area contributed by atoms with Gasteiger partial charge in [-0.3, -0.25) is 4.79 Å². The highest BCUT2D eigenvalue weighted by Crippen LogP contribution is 2.25. The van der Waals surface area contributed by atoms with Gasteiger partial charge in [0.2, 0.25) is 5.91 Å². The van der Waals surface area contributed by atoms with Crippen molar-refractivity contribution in [2.45, 2.75) is 19.4 Å². The third kappa shape index (κ3) is 3.75. The van der Waals surface area contributed by atoms with Crippen molar-refractivity contribution in [2.75, 3.05) is 14.2 Å². The van der Waals surface area contributed by atoms with E-state index in [4.69, 9.17) is 9.47 Å². The van der Waals surface area contributed by atoms with Crippen LogP contribution >= 0.6 is 0 Å². The van der Waals surface area contributed by atoms with Crippen LogP contribution in [0.4, 0.5) is 0 Å². The number of imidazole rings is 1. The molecule has 0 saturated carbocycles. The fraction of sp³-hybridized carbons (Fsp3) is 0.333. The fourth-order valence-corrected chi connectivity index (χ4v) is 2.05. The van der Waals surface area contributed by atoms with Crippen LogP contribution in [0.2, 0.25) is 0 Å². The fourth-order valence-electron chi connectivity index (χ4n) is 2.05. The number of nitrogens with zero attached hydrogens (tertiary/aromatic N) is 1. The Morgan fingerprint density at radius 3 is 2.81 bits per heavy atom. The van der Waals surface area contributed by atoms with E-state index < -0.39 is 0 Å². The molecule has 112 valence electrons. The van der Waals surface area contributed by atoms with Gasteiger partial charge in [-0.05, 0) is 13.0 Å². The monoisotopic (exact) mass is 289 g/mol. The zero-order valence-corrected chi connectivity index (χ0v) is 12.3. The molecule has 1 aromatic heterocycles. The molecule has 2 rings (SSSR count). The van der Waals surface area contributed by atoms with Crippen LogP contribution in [0.15, 0.2) is 30.6 Å². The van der Waals surface area contributed by atoms with E-state index in [1.807, 2.05) is 13.0 Å². The van der Waals surface area contributed by atoms with Gasteiger partial charge in [-0.25, -0.2) is 4.98 Å². The smallest absolute Gasteiger partial charge is 0.225 e. The molecule has 6 nitrogen and oxygen atoms in total. The number of H-pyrrole nitrogens is 1. The summed E-state index contributed by atoms with van der Waals surface area (Å²) in [5, 5.41) is 2.89. The molecule has 1 atom stereocenters. The zero-order valence-electron chi connectivity index (χ0n) is 12.3. The predicted molar refractivity (Wildman–Crippen MR) is 78.4 cm³/mol. The van der Waals surface area contributed by atoms with Crippen LogP contribution in [0.25, 0.3) is 0 Å². The van der Waals surface area contributed by atoms with Crippen LogP contribution in [-0.2, 0) is 11.2 Å². The summed E-state index contributed by atoms with van der Waals surface area (Å²) in [6.07, 6.45) is 3.62. The van der Waals surface area contributed by atoms with Gasteiger partial charge < -0.3 is 19.8 Å². The van der Waals surface area contributed by atoms with Crippen LogP contribution in [0, 0.1) is 0 Å². The Hall–Kier alpha value is -2.50. The summed E-state index contributed by atoms with van der Waals surface area (Å²) < 4.78 is 10.4. The van der Waals surface area contributed by atoms with Gasteiger partial charge in [-0.1, -0.05) is 6.07 Å². The van der Waals surface area contributed by atoms with Crippen molar-refractivity contribution < 1.29 is 14.3 Å². The van der Waals surface area contributed by atoms with E-state index in [2.05, 4.69) is 15.3 Å². The molecule has 1 heterocycles. The minimum Gasteiger partial charge on any atom is -0.497 e.